The minimum Gasteiger partial charge on any atom is -0.507 e. The van der Waals surface area contributed by atoms with Crippen molar-refractivity contribution in [2.45, 2.75) is 25.4 Å². The van der Waals surface area contributed by atoms with Gasteiger partial charge in [-0.15, -0.1) is 0 Å². The number of furan rings is 1. The zero-order valence-corrected chi connectivity index (χ0v) is 17.9. The maximum atomic E-state index is 12.8. The molecule has 30 heavy (non-hydrogen) atoms. The van der Waals surface area contributed by atoms with Gasteiger partial charge in [-0.1, -0.05) is 0 Å². The first kappa shape index (κ1) is 20.5. The number of carbonyl (C=O) groups is 1. The van der Waals surface area contributed by atoms with E-state index < -0.39 is 23.4 Å². The van der Waals surface area contributed by atoms with Crippen LogP contribution in [0.2, 0.25) is 0 Å². The summed E-state index contributed by atoms with van der Waals surface area (Å²) < 4.78 is 17.4. The first-order chi connectivity index (χ1) is 14.2. The number of likely N-dealkylation sites (tertiary alicyclic amines) is 1. The van der Waals surface area contributed by atoms with Gasteiger partial charge in [-0.25, -0.2) is 0 Å². The van der Waals surface area contributed by atoms with Crippen LogP contribution in [0.5, 0.6) is 11.5 Å². The number of halogens is 1. The Labute approximate surface area is 179 Å². The third-order valence-corrected chi connectivity index (χ3v) is 5.69. The molecule has 0 amide bonds. The Balaban J connectivity index is 1.95. The zero-order chi connectivity index (χ0) is 21.6. The maximum Gasteiger partial charge on any atom is 0.302 e. The van der Waals surface area contributed by atoms with Crippen LogP contribution in [0.15, 0.2) is 42.6 Å². The molecule has 2 atom stereocenters. The van der Waals surface area contributed by atoms with Crippen LogP contribution in [-0.2, 0) is 9.53 Å². The van der Waals surface area contributed by atoms with Crippen molar-refractivity contribution >= 4 is 32.9 Å². The highest BCUT2D eigenvalue weighted by molar-refractivity contribution is 9.10. The monoisotopic (exact) mass is 477 g/mol. The van der Waals surface area contributed by atoms with Crippen molar-refractivity contribution in [1.82, 2.24) is 4.90 Å². The van der Waals surface area contributed by atoms with Gasteiger partial charge in [0.15, 0.2) is 21.6 Å². The van der Waals surface area contributed by atoms with E-state index in [1.54, 1.807) is 12.1 Å². The number of likely N-dealkylation sites (N-methyl/N-ethyl adjacent to an activating group) is 1. The van der Waals surface area contributed by atoms with Crippen LogP contribution in [0.4, 0.5) is 0 Å². The number of piperidine rings is 1. The third-order valence-electron chi connectivity index (χ3n) is 5.26. The quantitative estimate of drug-likeness (QED) is 0.550. The van der Waals surface area contributed by atoms with Crippen LogP contribution in [0.1, 0.15) is 24.8 Å². The lowest BCUT2D eigenvalue weighted by molar-refractivity contribution is -0.149. The van der Waals surface area contributed by atoms with E-state index >= 15 is 0 Å². The highest BCUT2D eigenvalue weighted by atomic mass is 79.9. The molecule has 2 N–H and O–H groups in total. The molecule has 158 valence electrons. The molecular weight excluding hydrogens is 458 g/mol. The number of benzene rings is 1. The van der Waals surface area contributed by atoms with Crippen molar-refractivity contribution in [3.05, 3.63) is 44.7 Å². The van der Waals surface area contributed by atoms with Crippen LogP contribution in [0.25, 0.3) is 22.5 Å². The van der Waals surface area contributed by atoms with Gasteiger partial charge in [0.1, 0.15) is 28.6 Å². The predicted molar refractivity (Wildman–Crippen MR) is 112 cm³/mol. The molecule has 1 aliphatic heterocycles. The Morgan fingerprint density at radius 2 is 1.97 bits per heavy atom. The van der Waals surface area contributed by atoms with Crippen LogP contribution < -0.4 is 5.43 Å². The van der Waals surface area contributed by atoms with Crippen LogP contribution in [0, 0.1) is 0 Å². The van der Waals surface area contributed by atoms with Crippen molar-refractivity contribution in [3.8, 4) is 23.0 Å². The van der Waals surface area contributed by atoms with Crippen LogP contribution in [-0.4, -0.2) is 47.3 Å². The smallest absolute Gasteiger partial charge is 0.302 e. The number of esters is 1. The number of hydrogen-bond acceptors (Lipinski definition) is 8. The Morgan fingerprint density at radius 3 is 2.63 bits per heavy atom. The van der Waals surface area contributed by atoms with Gasteiger partial charge in [-0.05, 0) is 48.1 Å². The number of ether oxygens (including phenoxy) is 1. The molecule has 0 spiro atoms. The summed E-state index contributed by atoms with van der Waals surface area (Å²) in [5.41, 5.74) is -0.101. The molecular formula is C21H20BrNO7. The van der Waals surface area contributed by atoms with E-state index in [1.807, 2.05) is 11.9 Å². The zero-order valence-electron chi connectivity index (χ0n) is 16.3. The third kappa shape index (κ3) is 3.70. The number of aromatic hydroxyl groups is 2. The molecule has 1 saturated heterocycles. The molecule has 1 fully saturated rings. The van der Waals surface area contributed by atoms with E-state index in [4.69, 9.17) is 13.6 Å². The minimum atomic E-state index is -0.549. The minimum absolute atomic E-state index is 0.0438. The van der Waals surface area contributed by atoms with Crippen LogP contribution in [0.3, 0.4) is 0 Å². The fourth-order valence-corrected chi connectivity index (χ4v) is 4.29. The highest BCUT2D eigenvalue weighted by Gasteiger charge is 2.36. The molecule has 1 aromatic carbocycles. The molecule has 2 aromatic heterocycles. The second-order valence-corrected chi connectivity index (χ2v) is 8.20. The fourth-order valence-electron chi connectivity index (χ4n) is 3.98. The van der Waals surface area contributed by atoms with Crippen LogP contribution >= 0.6 is 15.9 Å². The number of fused-ring (bicyclic) bond motifs is 1. The van der Waals surface area contributed by atoms with E-state index in [2.05, 4.69) is 15.9 Å². The lowest BCUT2D eigenvalue weighted by Crippen LogP contribution is -2.43. The van der Waals surface area contributed by atoms with E-state index in [0.29, 0.717) is 35.5 Å². The average Bonchev–Trinajstić information content (AvgIpc) is 3.08. The summed E-state index contributed by atoms with van der Waals surface area (Å²) in [6.45, 7) is 2.48. The fraction of sp³-hybridized carbons (Fsp3) is 0.333. The molecule has 0 saturated carbocycles. The summed E-state index contributed by atoms with van der Waals surface area (Å²) in [6.07, 6.45) is 0.00822. The lowest BCUT2D eigenvalue weighted by atomic mass is 9.85. The van der Waals surface area contributed by atoms with E-state index in [9.17, 15) is 19.8 Å². The van der Waals surface area contributed by atoms with Gasteiger partial charge in [0.05, 0.1) is 0 Å². The summed E-state index contributed by atoms with van der Waals surface area (Å²) >= 11 is 3.21. The van der Waals surface area contributed by atoms with Gasteiger partial charge in [0.25, 0.3) is 0 Å². The predicted octanol–water partition coefficient (Wildman–Crippen LogP) is 3.58. The summed E-state index contributed by atoms with van der Waals surface area (Å²) in [5.74, 6) is -1.01. The van der Waals surface area contributed by atoms with Crippen molar-refractivity contribution in [2.24, 2.45) is 0 Å². The van der Waals surface area contributed by atoms with Gasteiger partial charge >= 0.3 is 5.97 Å². The summed E-state index contributed by atoms with van der Waals surface area (Å²) in [4.78, 5) is 26.5. The highest BCUT2D eigenvalue weighted by Crippen LogP contribution is 2.43. The first-order valence-corrected chi connectivity index (χ1v) is 10.2. The first-order valence-electron chi connectivity index (χ1n) is 9.38. The molecule has 3 heterocycles. The van der Waals surface area contributed by atoms with Crippen molar-refractivity contribution in [3.63, 3.8) is 0 Å². The normalized spacial score (nSPS) is 19.8. The number of phenolic OH excluding ortho intramolecular Hbond substituents is 2. The molecule has 0 bridgehead atoms. The molecule has 3 aromatic rings. The van der Waals surface area contributed by atoms with E-state index in [0.717, 1.165) is 6.07 Å². The molecule has 0 aliphatic carbocycles. The average molecular weight is 478 g/mol. The second kappa shape index (κ2) is 7.81. The van der Waals surface area contributed by atoms with Gasteiger partial charge in [0.2, 0.25) is 0 Å². The molecule has 0 radical (unpaired) electrons. The number of rotatable bonds is 3. The largest absolute Gasteiger partial charge is 0.507 e. The SMILES string of the molecule is CC(=O)O[C@@H]1CN(C)CC[C@@H]1c1c(O)cc(O)c2c(=O)cc(-c3ccc(Br)o3)oc12. The van der Waals surface area contributed by atoms with E-state index in [1.165, 1.54) is 13.0 Å². The summed E-state index contributed by atoms with van der Waals surface area (Å²) in [7, 11) is 1.91. The van der Waals surface area contributed by atoms with Crippen molar-refractivity contribution in [2.75, 3.05) is 20.1 Å². The molecule has 1 aliphatic rings. The van der Waals surface area contributed by atoms with Gasteiger partial charge in [-0.2, -0.15) is 0 Å². The summed E-state index contributed by atoms with van der Waals surface area (Å²) in [6, 6.07) is 5.65. The topological polar surface area (TPSA) is 113 Å². The Kier molecular flexibility index (Phi) is 5.33. The molecule has 4 rings (SSSR count). The molecule has 0 unspecified atom stereocenters. The standard InChI is InChI=1S/C21H20BrNO7/c1-10(24)28-17-9-23(2)6-5-11(17)19-12(25)7-13(26)20-14(27)8-16(30-21(19)20)15-3-4-18(22)29-15/h3-4,7-8,11,17,25-26H,5-6,9H2,1-2H3/t11-,17+/m0/s1. The molecule has 9 heteroatoms. The number of phenols is 2. The van der Waals surface area contributed by atoms with Crippen molar-refractivity contribution in [1.29, 1.82) is 0 Å². The Hall–Kier alpha value is -2.78. The number of hydrogen-bond donors (Lipinski definition) is 2. The van der Waals surface area contributed by atoms with E-state index in [-0.39, 0.29) is 28.2 Å². The number of carbonyl (C=O) groups excluding carboxylic acids is 1. The lowest BCUT2D eigenvalue weighted by Gasteiger charge is -2.36. The number of nitrogens with zero attached hydrogens (tertiary/aromatic N) is 1. The van der Waals surface area contributed by atoms with Gasteiger partial charge in [-0.3, -0.25) is 9.59 Å². The Morgan fingerprint density at radius 1 is 1.20 bits per heavy atom. The van der Waals surface area contributed by atoms with Crippen molar-refractivity contribution < 1.29 is 28.6 Å². The Bertz CT molecular complexity index is 1180. The maximum absolute atomic E-state index is 12.8. The summed E-state index contributed by atoms with van der Waals surface area (Å²) in [5, 5.41) is 21.0. The van der Waals surface area contributed by atoms with Gasteiger partial charge in [0, 0.05) is 37.1 Å². The molecule has 8 nitrogen and oxygen atoms in total. The second-order valence-electron chi connectivity index (χ2n) is 7.42. The van der Waals surface area contributed by atoms with Gasteiger partial charge < -0.3 is 28.7 Å².